The molecule has 7 nitrogen and oxygen atoms in total. The maximum absolute atomic E-state index is 13.4. The molecule has 0 unspecified atom stereocenters. The Labute approximate surface area is 186 Å². The number of aromatic nitrogens is 1. The Kier molecular flexibility index (Phi) is 8.46. The highest BCUT2D eigenvalue weighted by Gasteiger charge is 2.27. The number of hydrogen-bond acceptors (Lipinski definition) is 7. The van der Waals surface area contributed by atoms with E-state index in [1.54, 1.807) is 26.8 Å². The zero-order valence-corrected chi connectivity index (χ0v) is 19.1. The summed E-state index contributed by atoms with van der Waals surface area (Å²) >= 11 is 0. The van der Waals surface area contributed by atoms with Gasteiger partial charge in [-0.3, -0.25) is 14.4 Å². The van der Waals surface area contributed by atoms with Gasteiger partial charge >= 0.3 is 11.9 Å². The molecule has 3 atom stereocenters. The Balaban J connectivity index is 2.09. The number of methoxy groups -OCH3 is 1. The molecule has 0 saturated carbocycles. The lowest BCUT2D eigenvalue weighted by Gasteiger charge is -2.24. The average molecular weight is 445 g/mol. The topological polar surface area (TPSA) is 91.8 Å². The number of benzene rings is 1. The van der Waals surface area contributed by atoms with Gasteiger partial charge in [-0.05, 0) is 37.1 Å². The molecule has 1 aromatic heterocycles. The molecule has 172 valence electrons. The van der Waals surface area contributed by atoms with Crippen LogP contribution in [0.2, 0.25) is 0 Å². The first-order valence-electron chi connectivity index (χ1n) is 10.3. The first-order valence-corrected chi connectivity index (χ1v) is 10.3. The van der Waals surface area contributed by atoms with Gasteiger partial charge in [-0.25, -0.2) is 9.37 Å². The second kappa shape index (κ2) is 10.8. The molecule has 0 saturated heterocycles. The quantitative estimate of drug-likeness (QED) is 0.417. The molecule has 0 aliphatic rings. The fraction of sp³-hybridized carbons (Fsp3) is 0.417. The predicted octanol–water partition coefficient (Wildman–Crippen LogP) is 4.41. The van der Waals surface area contributed by atoms with Crippen molar-refractivity contribution in [2.24, 2.45) is 5.92 Å². The number of Topliss-reactive ketones (excluding diaryl/α,β-unsaturated/α-hetero) is 1. The Morgan fingerprint density at radius 3 is 2.41 bits per heavy atom. The molecule has 0 bridgehead atoms. The van der Waals surface area contributed by atoms with E-state index in [1.165, 1.54) is 38.4 Å². The fourth-order valence-corrected chi connectivity index (χ4v) is 3.29. The number of ketones is 1. The van der Waals surface area contributed by atoms with Crippen LogP contribution in [0.4, 0.5) is 4.39 Å². The summed E-state index contributed by atoms with van der Waals surface area (Å²) < 4.78 is 29.2. The number of hydrogen-bond donors (Lipinski definition) is 0. The number of pyridine rings is 1. The summed E-state index contributed by atoms with van der Waals surface area (Å²) in [7, 11) is 1.38. The van der Waals surface area contributed by atoms with Gasteiger partial charge in [-0.1, -0.05) is 19.9 Å². The fourth-order valence-electron chi connectivity index (χ4n) is 3.29. The number of carbonyl (C=O) groups is 3. The van der Waals surface area contributed by atoms with Gasteiger partial charge in [0, 0.05) is 31.5 Å². The van der Waals surface area contributed by atoms with E-state index in [4.69, 9.17) is 14.2 Å². The second-order valence-electron chi connectivity index (χ2n) is 7.74. The molecule has 8 heteroatoms. The van der Waals surface area contributed by atoms with Gasteiger partial charge in [0.1, 0.15) is 11.9 Å². The lowest BCUT2D eigenvalue weighted by molar-refractivity contribution is -0.153. The van der Waals surface area contributed by atoms with Gasteiger partial charge in [0.25, 0.3) is 0 Å². The Hall–Kier alpha value is -3.29. The normalized spacial score (nSPS) is 13.6. The second-order valence-corrected chi connectivity index (χ2v) is 7.74. The molecule has 0 aliphatic heterocycles. The van der Waals surface area contributed by atoms with Crippen molar-refractivity contribution >= 4 is 17.7 Å². The lowest BCUT2D eigenvalue weighted by Crippen LogP contribution is -2.26. The van der Waals surface area contributed by atoms with Crippen molar-refractivity contribution < 1.29 is 33.0 Å². The van der Waals surface area contributed by atoms with Crippen LogP contribution >= 0.6 is 0 Å². The molecule has 0 N–H and O–H groups in total. The summed E-state index contributed by atoms with van der Waals surface area (Å²) in [5, 5.41) is 0. The van der Waals surface area contributed by atoms with Crippen molar-refractivity contribution in [3.8, 4) is 11.5 Å². The molecule has 0 radical (unpaired) electrons. The van der Waals surface area contributed by atoms with E-state index in [9.17, 15) is 18.8 Å². The number of esters is 2. The maximum Gasteiger partial charge on any atom is 0.309 e. The minimum atomic E-state index is -0.760. The SMILES string of the molecule is COc1ccnc(C(=O)C[C@H](C)C(=O)O[C@H](C)[C@H](C)c2ccc(F)cc2C)c1OC(C)=O. The van der Waals surface area contributed by atoms with E-state index in [-0.39, 0.29) is 35.3 Å². The lowest BCUT2D eigenvalue weighted by atomic mass is 9.92. The molecule has 0 fully saturated rings. The first-order chi connectivity index (χ1) is 15.0. The average Bonchev–Trinajstić information content (AvgIpc) is 2.72. The zero-order chi connectivity index (χ0) is 24.0. The van der Waals surface area contributed by atoms with Crippen molar-refractivity contribution in [1.29, 1.82) is 0 Å². The van der Waals surface area contributed by atoms with Crippen LogP contribution in [0.5, 0.6) is 11.5 Å². The smallest absolute Gasteiger partial charge is 0.309 e. The number of aryl methyl sites for hydroxylation is 1. The van der Waals surface area contributed by atoms with Gasteiger partial charge < -0.3 is 14.2 Å². The van der Waals surface area contributed by atoms with E-state index in [0.717, 1.165) is 11.1 Å². The van der Waals surface area contributed by atoms with E-state index >= 15 is 0 Å². The highest BCUT2D eigenvalue weighted by Crippen LogP contribution is 2.31. The van der Waals surface area contributed by atoms with Crippen LogP contribution in [-0.2, 0) is 14.3 Å². The monoisotopic (exact) mass is 445 g/mol. The molecule has 2 rings (SSSR count). The van der Waals surface area contributed by atoms with Gasteiger partial charge in [-0.2, -0.15) is 0 Å². The van der Waals surface area contributed by atoms with Crippen LogP contribution in [0.3, 0.4) is 0 Å². The van der Waals surface area contributed by atoms with Gasteiger partial charge in [0.05, 0.1) is 13.0 Å². The van der Waals surface area contributed by atoms with Gasteiger partial charge in [0.2, 0.25) is 5.75 Å². The number of halogens is 1. The summed E-state index contributed by atoms with van der Waals surface area (Å²) in [5.74, 6) is -2.81. The van der Waals surface area contributed by atoms with Crippen LogP contribution < -0.4 is 9.47 Å². The van der Waals surface area contributed by atoms with E-state index in [0.29, 0.717) is 0 Å². The van der Waals surface area contributed by atoms with Crippen LogP contribution in [0.1, 0.15) is 61.6 Å². The van der Waals surface area contributed by atoms with Crippen molar-refractivity contribution in [2.45, 2.75) is 53.1 Å². The van der Waals surface area contributed by atoms with E-state index in [2.05, 4.69) is 4.98 Å². The molecular formula is C24H28FNO6. The third-order valence-corrected chi connectivity index (χ3v) is 5.22. The van der Waals surface area contributed by atoms with Crippen LogP contribution in [0, 0.1) is 18.7 Å². The van der Waals surface area contributed by atoms with Crippen molar-refractivity contribution in [3.63, 3.8) is 0 Å². The third-order valence-electron chi connectivity index (χ3n) is 5.22. The Morgan fingerprint density at radius 2 is 1.81 bits per heavy atom. The highest BCUT2D eigenvalue weighted by atomic mass is 19.1. The number of ether oxygens (including phenoxy) is 3. The van der Waals surface area contributed by atoms with Crippen LogP contribution in [-0.4, -0.2) is 35.9 Å². The molecular weight excluding hydrogens is 417 g/mol. The number of nitrogens with zero attached hydrogens (tertiary/aromatic N) is 1. The standard InChI is InChI=1S/C24H28FNO6/c1-13-11-18(25)7-8-19(13)15(3)16(4)31-24(29)14(2)12-20(28)22-23(32-17(5)27)21(30-6)9-10-26-22/h7-11,14-16H,12H2,1-6H3/t14-,15-,16+/m0/s1. The Morgan fingerprint density at radius 1 is 1.12 bits per heavy atom. The molecule has 2 aromatic rings. The molecule has 1 aromatic carbocycles. The summed E-state index contributed by atoms with van der Waals surface area (Å²) in [6.07, 6.45) is 0.677. The maximum atomic E-state index is 13.4. The zero-order valence-electron chi connectivity index (χ0n) is 19.1. The summed E-state index contributed by atoms with van der Waals surface area (Å²) in [4.78, 5) is 40.8. The number of rotatable bonds is 9. The first kappa shape index (κ1) is 25.0. The largest absolute Gasteiger partial charge is 0.493 e. The molecule has 32 heavy (non-hydrogen) atoms. The van der Waals surface area contributed by atoms with E-state index < -0.39 is 29.7 Å². The molecule has 0 aliphatic carbocycles. The van der Waals surface area contributed by atoms with Crippen LogP contribution in [0.25, 0.3) is 0 Å². The minimum absolute atomic E-state index is 0.0816. The summed E-state index contributed by atoms with van der Waals surface area (Å²) in [6, 6.07) is 5.95. The Bertz CT molecular complexity index is 1010. The summed E-state index contributed by atoms with van der Waals surface area (Å²) in [5.41, 5.74) is 1.55. The van der Waals surface area contributed by atoms with E-state index in [1.807, 2.05) is 6.92 Å². The number of carbonyl (C=O) groups excluding carboxylic acids is 3. The van der Waals surface area contributed by atoms with Gasteiger partial charge in [-0.15, -0.1) is 0 Å². The third kappa shape index (κ3) is 6.12. The van der Waals surface area contributed by atoms with Crippen molar-refractivity contribution in [2.75, 3.05) is 7.11 Å². The van der Waals surface area contributed by atoms with Crippen molar-refractivity contribution in [3.05, 3.63) is 53.1 Å². The highest BCUT2D eigenvalue weighted by molar-refractivity contribution is 5.99. The molecule has 0 spiro atoms. The van der Waals surface area contributed by atoms with Gasteiger partial charge in [0.15, 0.2) is 17.2 Å². The molecule has 1 heterocycles. The van der Waals surface area contributed by atoms with Crippen LogP contribution in [0.15, 0.2) is 30.5 Å². The molecule has 0 amide bonds. The summed E-state index contributed by atoms with van der Waals surface area (Å²) in [6.45, 7) is 8.22. The predicted molar refractivity (Wildman–Crippen MR) is 115 cm³/mol. The minimum Gasteiger partial charge on any atom is -0.493 e. The van der Waals surface area contributed by atoms with Crippen molar-refractivity contribution in [1.82, 2.24) is 4.98 Å².